The van der Waals surface area contributed by atoms with E-state index in [0.29, 0.717) is 5.57 Å². The molecule has 140 valence electrons. The molecule has 0 saturated heterocycles. The lowest BCUT2D eigenvalue weighted by Gasteiger charge is -2.48. The second kappa shape index (κ2) is 8.65. The fourth-order valence-corrected chi connectivity index (χ4v) is 2.82. The Morgan fingerprint density at radius 3 is 1.96 bits per heavy atom. The van der Waals surface area contributed by atoms with Gasteiger partial charge in [-0.3, -0.25) is 4.79 Å². The van der Waals surface area contributed by atoms with Crippen LogP contribution >= 0.6 is 0 Å². The van der Waals surface area contributed by atoms with Crippen molar-refractivity contribution in [2.45, 2.75) is 54.1 Å². The first-order valence-corrected chi connectivity index (χ1v) is 8.43. The van der Waals surface area contributed by atoms with Gasteiger partial charge in [0.15, 0.2) is 0 Å². The summed E-state index contributed by atoms with van der Waals surface area (Å²) in [5, 5.41) is 0. The molecule has 0 fully saturated rings. The molecule has 0 aromatic heterocycles. The predicted molar refractivity (Wildman–Crippen MR) is 96.6 cm³/mol. The molecule has 1 amide bonds. The highest BCUT2D eigenvalue weighted by Crippen LogP contribution is 2.44. The van der Waals surface area contributed by atoms with Crippen LogP contribution in [-0.4, -0.2) is 49.7 Å². The predicted octanol–water partition coefficient (Wildman–Crippen LogP) is 3.29. The molecule has 5 heteroatoms. The van der Waals surface area contributed by atoms with Crippen molar-refractivity contribution in [1.82, 2.24) is 4.90 Å². The number of rotatable bonds is 9. The number of amides is 1. The molecule has 0 aromatic rings. The Kier molecular flexibility index (Phi) is 8.16. The van der Waals surface area contributed by atoms with Gasteiger partial charge in [0.1, 0.15) is 6.61 Å². The van der Waals surface area contributed by atoms with Gasteiger partial charge in [-0.05, 0) is 26.7 Å². The van der Waals surface area contributed by atoms with E-state index in [9.17, 15) is 9.59 Å². The molecular weight excluding hydrogens is 306 g/mol. The number of nitrogens with zero attached hydrogens (tertiary/aromatic N) is 1. The SMILES string of the molecule is C=C(C)C(=O)OCCOC(C)(C)C(C)(C)C(C(=O)N(C)C)C(C)C. The Balaban J connectivity index is 5.03. The minimum atomic E-state index is -0.566. The molecule has 0 bridgehead atoms. The van der Waals surface area contributed by atoms with E-state index < -0.39 is 17.0 Å². The van der Waals surface area contributed by atoms with Gasteiger partial charge in [0.2, 0.25) is 5.91 Å². The maximum atomic E-state index is 12.7. The number of esters is 1. The summed E-state index contributed by atoms with van der Waals surface area (Å²) in [5.74, 6) is -0.321. The lowest BCUT2D eigenvalue weighted by atomic mass is 9.63. The van der Waals surface area contributed by atoms with Crippen LogP contribution in [0.3, 0.4) is 0 Å². The standard InChI is InChI=1S/C19H35NO4/c1-13(2)15(16(21)20(9)10)18(5,6)19(7,8)24-12-11-23-17(22)14(3)4/h13,15H,3,11-12H2,1-2,4-10H3. The Labute approximate surface area is 147 Å². The van der Waals surface area contributed by atoms with Crippen LogP contribution in [0, 0.1) is 17.3 Å². The Hall–Kier alpha value is -1.36. The van der Waals surface area contributed by atoms with Crippen molar-refractivity contribution in [1.29, 1.82) is 0 Å². The first-order chi connectivity index (χ1) is 10.8. The summed E-state index contributed by atoms with van der Waals surface area (Å²) in [7, 11) is 3.55. The van der Waals surface area contributed by atoms with E-state index in [1.54, 1.807) is 25.9 Å². The molecule has 0 rings (SSSR count). The molecule has 0 radical (unpaired) electrons. The molecule has 0 aromatic carbocycles. The highest BCUT2D eigenvalue weighted by Gasteiger charge is 2.48. The lowest BCUT2D eigenvalue weighted by Crippen LogP contribution is -2.53. The van der Waals surface area contributed by atoms with Crippen LogP contribution in [0.5, 0.6) is 0 Å². The van der Waals surface area contributed by atoms with Crippen molar-refractivity contribution < 1.29 is 19.1 Å². The summed E-state index contributed by atoms with van der Waals surface area (Å²) in [5.41, 5.74) is -0.601. The van der Waals surface area contributed by atoms with Gasteiger partial charge in [-0.1, -0.05) is 34.3 Å². The summed E-state index contributed by atoms with van der Waals surface area (Å²) in [6.45, 7) is 17.8. The first kappa shape index (κ1) is 22.6. The number of carbonyl (C=O) groups is 2. The van der Waals surface area contributed by atoms with Crippen molar-refractivity contribution in [2.24, 2.45) is 17.3 Å². The van der Waals surface area contributed by atoms with Gasteiger partial charge in [-0.2, -0.15) is 0 Å². The molecule has 0 heterocycles. The van der Waals surface area contributed by atoms with Crippen molar-refractivity contribution in [3.8, 4) is 0 Å². The summed E-state index contributed by atoms with van der Waals surface area (Å²) < 4.78 is 11.1. The molecule has 0 N–H and O–H groups in total. The summed E-state index contributed by atoms with van der Waals surface area (Å²) in [6, 6.07) is 0. The third kappa shape index (κ3) is 5.62. The van der Waals surface area contributed by atoms with Crippen LogP contribution in [0.2, 0.25) is 0 Å². The van der Waals surface area contributed by atoms with Gasteiger partial charge in [-0.15, -0.1) is 0 Å². The number of hydrogen-bond donors (Lipinski definition) is 0. The summed E-state index contributed by atoms with van der Waals surface area (Å²) in [6.07, 6.45) is 0. The highest BCUT2D eigenvalue weighted by atomic mass is 16.6. The maximum Gasteiger partial charge on any atom is 0.333 e. The van der Waals surface area contributed by atoms with Crippen LogP contribution in [0.15, 0.2) is 12.2 Å². The summed E-state index contributed by atoms with van der Waals surface area (Å²) >= 11 is 0. The second-order valence-electron chi connectivity index (χ2n) is 7.95. The third-order valence-corrected chi connectivity index (χ3v) is 4.83. The molecule has 0 aliphatic carbocycles. The van der Waals surface area contributed by atoms with Gasteiger partial charge in [0.25, 0.3) is 0 Å². The molecular formula is C19H35NO4. The lowest BCUT2D eigenvalue weighted by molar-refractivity contribution is -0.164. The van der Waals surface area contributed by atoms with Gasteiger partial charge in [-0.25, -0.2) is 4.79 Å². The van der Waals surface area contributed by atoms with Crippen LogP contribution in [0.25, 0.3) is 0 Å². The largest absolute Gasteiger partial charge is 0.460 e. The molecule has 1 unspecified atom stereocenters. The molecule has 5 nitrogen and oxygen atoms in total. The minimum absolute atomic E-state index is 0.0976. The Morgan fingerprint density at radius 1 is 1.08 bits per heavy atom. The van der Waals surface area contributed by atoms with E-state index in [2.05, 4.69) is 34.3 Å². The first-order valence-electron chi connectivity index (χ1n) is 8.43. The molecule has 0 aliphatic rings. The fraction of sp³-hybridized carbons (Fsp3) is 0.789. The van der Waals surface area contributed by atoms with Crippen molar-refractivity contribution in [3.63, 3.8) is 0 Å². The van der Waals surface area contributed by atoms with Crippen LogP contribution in [0.4, 0.5) is 0 Å². The van der Waals surface area contributed by atoms with Gasteiger partial charge in [0, 0.05) is 31.0 Å². The average Bonchev–Trinajstić information content (AvgIpc) is 2.42. The average molecular weight is 341 g/mol. The zero-order chi connectivity index (χ0) is 19.3. The van der Waals surface area contributed by atoms with E-state index in [-0.39, 0.29) is 31.0 Å². The van der Waals surface area contributed by atoms with E-state index >= 15 is 0 Å². The van der Waals surface area contributed by atoms with E-state index in [1.807, 2.05) is 13.8 Å². The fourth-order valence-electron chi connectivity index (χ4n) is 2.82. The van der Waals surface area contributed by atoms with Gasteiger partial charge < -0.3 is 14.4 Å². The van der Waals surface area contributed by atoms with Gasteiger partial charge >= 0.3 is 5.97 Å². The van der Waals surface area contributed by atoms with E-state index in [0.717, 1.165) is 0 Å². The van der Waals surface area contributed by atoms with Crippen LogP contribution in [-0.2, 0) is 19.1 Å². The van der Waals surface area contributed by atoms with Crippen molar-refractivity contribution >= 4 is 11.9 Å². The van der Waals surface area contributed by atoms with Gasteiger partial charge in [0.05, 0.1) is 12.2 Å². The smallest absolute Gasteiger partial charge is 0.333 e. The van der Waals surface area contributed by atoms with Crippen molar-refractivity contribution in [3.05, 3.63) is 12.2 Å². The van der Waals surface area contributed by atoms with E-state index in [1.165, 1.54) is 0 Å². The normalized spacial score (nSPS) is 13.6. The van der Waals surface area contributed by atoms with Crippen LogP contribution < -0.4 is 0 Å². The molecule has 0 aliphatic heterocycles. The topological polar surface area (TPSA) is 55.8 Å². The quantitative estimate of drug-likeness (QED) is 0.367. The molecule has 0 spiro atoms. The number of carbonyl (C=O) groups excluding carboxylic acids is 2. The maximum absolute atomic E-state index is 12.7. The molecule has 1 atom stereocenters. The number of ether oxygens (including phenoxy) is 2. The zero-order valence-electron chi connectivity index (χ0n) is 16.9. The molecule has 24 heavy (non-hydrogen) atoms. The number of hydrogen-bond acceptors (Lipinski definition) is 4. The van der Waals surface area contributed by atoms with Crippen molar-refractivity contribution in [2.75, 3.05) is 27.3 Å². The molecule has 0 saturated carbocycles. The Bertz CT molecular complexity index is 464. The second-order valence-corrected chi connectivity index (χ2v) is 7.95. The minimum Gasteiger partial charge on any atom is -0.460 e. The Morgan fingerprint density at radius 2 is 1.58 bits per heavy atom. The van der Waals surface area contributed by atoms with Crippen LogP contribution in [0.1, 0.15) is 48.5 Å². The monoisotopic (exact) mass is 341 g/mol. The summed E-state index contributed by atoms with van der Waals surface area (Å²) in [4.78, 5) is 25.7. The van der Waals surface area contributed by atoms with E-state index in [4.69, 9.17) is 9.47 Å². The third-order valence-electron chi connectivity index (χ3n) is 4.83. The highest BCUT2D eigenvalue weighted by molar-refractivity contribution is 5.86. The zero-order valence-corrected chi connectivity index (χ0v) is 16.9.